The summed E-state index contributed by atoms with van der Waals surface area (Å²) in [6, 6.07) is 2.25. The molecule has 1 unspecified atom stereocenters. The molecule has 1 aromatic rings. The molecule has 0 saturated heterocycles. The monoisotopic (exact) mass is 235 g/mol. The summed E-state index contributed by atoms with van der Waals surface area (Å²) in [7, 11) is 5.86. The summed E-state index contributed by atoms with van der Waals surface area (Å²) in [4.78, 5) is 2.15. The van der Waals surface area contributed by atoms with Crippen molar-refractivity contribution in [2.75, 3.05) is 26.0 Å². The zero-order valence-electron chi connectivity index (χ0n) is 11.3. The highest BCUT2D eigenvalue weighted by molar-refractivity contribution is 5.46. The van der Waals surface area contributed by atoms with E-state index in [1.54, 1.807) is 0 Å². The minimum absolute atomic E-state index is 0.0509. The van der Waals surface area contributed by atoms with Crippen molar-refractivity contribution in [2.24, 2.45) is 13.0 Å². The van der Waals surface area contributed by atoms with Crippen molar-refractivity contribution < 1.29 is 0 Å². The number of aromatic nitrogens is 2. The molecule has 0 saturated carbocycles. The van der Waals surface area contributed by atoms with Crippen LogP contribution in [-0.4, -0.2) is 35.3 Å². The molecule has 0 amide bonds. The van der Waals surface area contributed by atoms with Crippen LogP contribution in [0.3, 0.4) is 0 Å². The summed E-state index contributed by atoms with van der Waals surface area (Å²) >= 11 is 0. The van der Waals surface area contributed by atoms with Crippen molar-refractivity contribution in [1.29, 1.82) is 5.26 Å². The number of rotatable bonds is 5. The topological polar surface area (TPSA) is 56.9 Å². The van der Waals surface area contributed by atoms with Crippen LogP contribution in [0.1, 0.15) is 18.2 Å². The van der Waals surface area contributed by atoms with Crippen LogP contribution in [0, 0.1) is 24.2 Å². The smallest absolute Gasteiger partial charge is 0.128 e. The number of nitriles is 1. The van der Waals surface area contributed by atoms with E-state index in [4.69, 9.17) is 5.26 Å². The van der Waals surface area contributed by atoms with Crippen molar-refractivity contribution in [3.05, 3.63) is 11.3 Å². The SMILES string of the molecule is CNc1c(CN(C)CC(C)C#N)c(C)nn1C. The van der Waals surface area contributed by atoms with E-state index >= 15 is 0 Å². The third-order valence-electron chi connectivity index (χ3n) is 2.82. The van der Waals surface area contributed by atoms with E-state index < -0.39 is 0 Å². The predicted molar refractivity (Wildman–Crippen MR) is 68.6 cm³/mol. The molecule has 0 bridgehead atoms. The Kier molecular flexibility index (Phi) is 4.53. The van der Waals surface area contributed by atoms with E-state index in [0.29, 0.717) is 0 Å². The van der Waals surface area contributed by atoms with Crippen LogP contribution in [0.2, 0.25) is 0 Å². The molecule has 0 aliphatic carbocycles. The Balaban J connectivity index is 2.78. The fourth-order valence-corrected chi connectivity index (χ4v) is 2.05. The van der Waals surface area contributed by atoms with E-state index in [-0.39, 0.29) is 5.92 Å². The Labute approximate surface area is 103 Å². The van der Waals surface area contributed by atoms with Crippen molar-refractivity contribution >= 4 is 5.82 Å². The molecule has 0 spiro atoms. The van der Waals surface area contributed by atoms with E-state index in [1.165, 1.54) is 5.56 Å². The molecule has 0 fully saturated rings. The van der Waals surface area contributed by atoms with E-state index in [1.807, 2.05) is 39.7 Å². The lowest BCUT2D eigenvalue weighted by atomic mass is 10.1. The Morgan fingerprint density at radius 3 is 2.76 bits per heavy atom. The van der Waals surface area contributed by atoms with Gasteiger partial charge >= 0.3 is 0 Å². The molecule has 1 aromatic heterocycles. The number of nitrogens with one attached hydrogen (secondary N) is 1. The van der Waals surface area contributed by atoms with Gasteiger partial charge in [0.15, 0.2) is 0 Å². The molecule has 1 rings (SSSR count). The van der Waals surface area contributed by atoms with Crippen molar-refractivity contribution in [3.63, 3.8) is 0 Å². The van der Waals surface area contributed by atoms with Crippen LogP contribution in [0.5, 0.6) is 0 Å². The van der Waals surface area contributed by atoms with Gasteiger partial charge in [-0.05, 0) is 20.9 Å². The minimum atomic E-state index is 0.0509. The summed E-state index contributed by atoms with van der Waals surface area (Å²) in [6.07, 6.45) is 0. The molecule has 5 nitrogen and oxygen atoms in total. The largest absolute Gasteiger partial charge is 0.373 e. The maximum Gasteiger partial charge on any atom is 0.128 e. The van der Waals surface area contributed by atoms with Gasteiger partial charge in [0.2, 0.25) is 0 Å². The Hall–Kier alpha value is -1.54. The zero-order chi connectivity index (χ0) is 13.0. The first-order valence-corrected chi connectivity index (χ1v) is 5.78. The molecule has 94 valence electrons. The predicted octanol–water partition coefficient (Wildman–Crippen LogP) is 1.36. The van der Waals surface area contributed by atoms with Gasteiger partial charge in [-0.25, -0.2) is 0 Å². The second-order valence-electron chi connectivity index (χ2n) is 4.51. The van der Waals surface area contributed by atoms with Gasteiger partial charge in [-0.1, -0.05) is 0 Å². The van der Waals surface area contributed by atoms with Gasteiger partial charge < -0.3 is 10.2 Å². The number of nitrogens with zero attached hydrogens (tertiary/aromatic N) is 4. The van der Waals surface area contributed by atoms with Crippen molar-refractivity contribution in [1.82, 2.24) is 14.7 Å². The average Bonchev–Trinajstić information content (AvgIpc) is 2.53. The van der Waals surface area contributed by atoms with Gasteiger partial charge in [0.05, 0.1) is 17.7 Å². The molecule has 0 aliphatic heterocycles. The first kappa shape index (κ1) is 13.5. The third-order valence-corrected chi connectivity index (χ3v) is 2.82. The summed E-state index contributed by atoms with van der Waals surface area (Å²) in [5.74, 6) is 1.09. The lowest BCUT2D eigenvalue weighted by Gasteiger charge is -2.18. The van der Waals surface area contributed by atoms with E-state index in [2.05, 4.69) is 21.4 Å². The van der Waals surface area contributed by atoms with Gasteiger partial charge in [-0.3, -0.25) is 4.68 Å². The van der Waals surface area contributed by atoms with Crippen LogP contribution < -0.4 is 5.32 Å². The number of hydrogen-bond donors (Lipinski definition) is 1. The third kappa shape index (κ3) is 3.21. The molecule has 0 radical (unpaired) electrons. The van der Waals surface area contributed by atoms with Gasteiger partial charge in [0, 0.05) is 32.7 Å². The first-order valence-electron chi connectivity index (χ1n) is 5.78. The van der Waals surface area contributed by atoms with Crippen LogP contribution >= 0.6 is 0 Å². The molecule has 0 aliphatic rings. The second kappa shape index (κ2) is 5.69. The fourth-order valence-electron chi connectivity index (χ4n) is 2.05. The Morgan fingerprint density at radius 1 is 1.59 bits per heavy atom. The maximum absolute atomic E-state index is 8.80. The zero-order valence-corrected chi connectivity index (χ0v) is 11.3. The number of hydrogen-bond acceptors (Lipinski definition) is 4. The van der Waals surface area contributed by atoms with Gasteiger partial charge in [-0.2, -0.15) is 10.4 Å². The summed E-state index contributed by atoms with van der Waals surface area (Å²) < 4.78 is 1.85. The molecular formula is C12H21N5. The van der Waals surface area contributed by atoms with Crippen molar-refractivity contribution in [3.8, 4) is 6.07 Å². The molecule has 17 heavy (non-hydrogen) atoms. The van der Waals surface area contributed by atoms with E-state index in [0.717, 1.165) is 24.6 Å². The standard InChI is InChI=1S/C12H21N5/c1-9(6-13)7-16(4)8-11-10(2)15-17(5)12(11)14-3/h9,14H,7-8H2,1-5H3. The maximum atomic E-state index is 8.80. The van der Waals surface area contributed by atoms with E-state index in [9.17, 15) is 0 Å². The molecular weight excluding hydrogens is 214 g/mol. The molecule has 1 N–H and O–H groups in total. The molecule has 0 aromatic carbocycles. The number of anilines is 1. The molecule has 5 heteroatoms. The van der Waals surface area contributed by atoms with Crippen LogP contribution in [-0.2, 0) is 13.6 Å². The van der Waals surface area contributed by atoms with Gasteiger partial charge in [0.1, 0.15) is 5.82 Å². The van der Waals surface area contributed by atoms with Gasteiger partial charge in [0.25, 0.3) is 0 Å². The minimum Gasteiger partial charge on any atom is -0.373 e. The quantitative estimate of drug-likeness (QED) is 0.837. The van der Waals surface area contributed by atoms with Crippen LogP contribution in [0.15, 0.2) is 0 Å². The number of aryl methyl sites for hydroxylation is 2. The molecule has 1 heterocycles. The van der Waals surface area contributed by atoms with Crippen LogP contribution in [0.4, 0.5) is 5.82 Å². The highest BCUT2D eigenvalue weighted by Crippen LogP contribution is 2.19. The highest BCUT2D eigenvalue weighted by Gasteiger charge is 2.14. The normalized spacial score (nSPS) is 12.5. The van der Waals surface area contributed by atoms with Crippen molar-refractivity contribution in [2.45, 2.75) is 20.4 Å². The lowest BCUT2D eigenvalue weighted by molar-refractivity contribution is 0.303. The fraction of sp³-hybridized carbons (Fsp3) is 0.667. The Morgan fingerprint density at radius 2 is 2.24 bits per heavy atom. The second-order valence-corrected chi connectivity index (χ2v) is 4.51. The highest BCUT2D eigenvalue weighted by atomic mass is 15.3. The average molecular weight is 235 g/mol. The Bertz CT molecular complexity index is 415. The van der Waals surface area contributed by atoms with Crippen LogP contribution in [0.25, 0.3) is 0 Å². The lowest BCUT2D eigenvalue weighted by Crippen LogP contribution is -2.24. The molecule has 1 atom stereocenters. The summed E-state index contributed by atoms with van der Waals surface area (Å²) in [5, 5.41) is 16.4. The summed E-state index contributed by atoms with van der Waals surface area (Å²) in [6.45, 7) is 5.53. The van der Waals surface area contributed by atoms with Gasteiger partial charge in [-0.15, -0.1) is 0 Å². The summed E-state index contributed by atoms with van der Waals surface area (Å²) in [5.41, 5.74) is 2.23. The first-order chi connectivity index (χ1) is 7.99.